The van der Waals surface area contributed by atoms with E-state index in [9.17, 15) is 18.0 Å². The topological polar surface area (TPSA) is 155 Å². The smallest absolute Gasteiger partial charge is 0.455 e. The molecule has 0 aliphatic carbocycles. The van der Waals surface area contributed by atoms with Crippen molar-refractivity contribution in [2.24, 2.45) is 5.73 Å². The summed E-state index contributed by atoms with van der Waals surface area (Å²) >= 11 is 6.38. The lowest BCUT2D eigenvalue weighted by atomic mass is 10.1. The zero-order chi connectivity index (χ0) is 25.9. The normalized spacial score (nSPS) is 11.3. The number of aromatic nitrogens is 4. The van der Waals surface area contributed by atoms with Crippen molar-refractivity contribution >= 4 is 35.0 Å². The lowest BCUT2D eigenvalue weighted by Gasteiger charge is -2.16. The number of nitrogens with zero attached hydrogens (tertiary/aromatic N) is 4. The average Bonchev–Trinajstić information content (AvgIpc) is 3.32. The molecule has 2 aromatic carbocycles. The maximum Gasteiger partial charge on any atom is 0.455 e. The van der Waals surface area contributed by atoms with Crippen LogP contribution >= 0.6 is 11.6 Å². The Balaban J connectivity index is 1.58. The number of halogens is 4. The molecule has 10 nitrogen and oxygen atoms in total. The zero-order valence-electron chi connectivity index (χ0n) is 18.2. The van der Waals surface area contributed by atoms with Crippen LogP contribution in [-0.4, -0.2) is 32.6 Å². The molecule has 0 saturated carbocycles. The van der Waals surface area contributed by atoms with Gasteiger partial charge in [0.15, 0.2) is 5.75 Å². The van der Waals surface area contributed by atoms with Crippen LogP contribution < -0.4 is 21.5 Å². The van der Waals surface area contributed by atoms with Crippen LogP contribution in [0.15, 0.2) is 53.2 Å². The van der Waals surface area contributed by atoms with Gasteiger partial charge in [-0.15, -0.1) is 0 Å². The zero-order valence-corrected chi connectivity index (χ0v) is 19.0. The molecule has 0 bridgehead atoms. The number of nitrogen functional groups attached to an aromatic ring is 1. The monoisotopic (exact) mass is 519 g/mol. The number of primary amides is 1. The largest absolute Gasteiger partial charge is 0.489 e. The molecule has 5 N–H and O–H groups in total. The summed E-state index contributed by atoms with van der Waals surface area (Å²) in [5.74, 6) is -2.84. The molecule has 4 aromatic rings. The van der Waals surface area contributed by atoms with Crippen LogP contribution in [-0.2, 0) is 12.6 Å². The van der Waals surface area contributed by atoms with Gasteiger partial charge in [0.2, 0.25) is 11.9 Å². The van der Waals surface area contributed by atoms with E-state index in [1.54, 1.807) is 0 Å². The van der Waals surface area contributed by atoms with Gasteiger partial charge in [0.05, 0.1) is 22.9 Å². The molecule has 0 saturated heterocycles. The molecule has 2 heterocycles. The summed E-state index contributed by atoms with van der Waals surface area (Å²) in [6.07, 6.45) is -3.11. The lowest BCUT2D eigenvalue weighted by Crippen LogP contribution is -2.13. The number of amides is 1. The van der Waals surface area contributed by atoms with Gasteiger partial charge in [-0.05, 0) is 17.7 Å². The van der Waals surface area contributed by atoms with Crippen molar-refractivity contribution in [2.45, 2.75) is 12.6 Å². The summed E-state index contributed by atoms with van der Waals surface area (Å²) in [6.45, 7) is 0.223. The van der Waals surface area contributed by atoms with E-state index < -0.39 is 23.8 Å². The number of benzene rings is 2. The molecule has 0 aliphatic rings. The van der Waals surface area contributed by atoms with Crippen LogP contribution in [0.1, 0.15) is 21.7 Å². The van der Waals surface area contributed by atoms with Gasteiger partial charge in [-0.3, -0.25) is 4.79 Å². The molecule has 4 rings (SSSR count). The highest BCUT2D eigenvalue weighted by Gasteiger charge is 2.37. The van der Waals surface area contributed by atoms with Crippen LogP contribution in [0.5, 0.6) is 5.75 Å². The molecule has 0 atom stereocenters. The van der Waals surface area contributed by atoms with Gasteiger partial charge >= 0.3 is 6.18 Å². The Hall–Kier alpha value is -4.39. The highest BCUT2D eigenvalue weighted by Crippen LogP contribution is 2.38. The van der Waals surface area contributed by atoms with E-state index in [0.29, 0.717) is 12.1 Å². The Bertz CT molecular complexity index is 1400. The van der Waals surface area contributed by atoms with Crippen molar-refractivity contribution < 1.29 is 27.2 Å². The molecular weight excluding hydrogens is 503 g/mol. The van der Waals surface area contributed by atoms with Gasteiger partial charge in [0.25, 0.3) is 11.7 Å². The maximum atomic E-state index is 12.7. The SMILES string of the molecule is NC(=O)c1ccc(Nc2ncc(-c3nc(C(F)(F)F)no3)c(N)n2)c(OCCc2ccccc2)c1Cl. The van der Waals surface area contributed by atoms with E-state index in [-0.39, 0.29) is 40.3 Å². The molecule has 1 amide bonds. The Morgan fingerprint density at radius 3 is 2.53 bits per heavy atom. The highest BCUT2D eigenvalue weighted by molar-refractivity contribution is 6.35. The van der Waals surface area contributed by atoms with E-state index in [0.717, 1.165) is 11.8 Å². The Morgan fingerprint density at radius 1 is 1.14 bits per heavy atom. The lowest BCUT2D eigenvalue weighted by molar-refractivity contribution is -0.146. The van der Waals surface area contributed by atoms with E-state index >= 15 is 0 Å². The van der Waals surface area contributed by atoms with Crippen LogP contribution in [0.2, 0.25) is 5.02 Å². The highest BCUT2D eigenvalue weighted by atomic mass is 35.5. The minimum absolute atomic E-state index is 0.0179. The molecule has 186 valence electrons. The van der Waals surface area contributed by atoms with E-state index in [4.69, 9.17) is 27.8 Å². The quantitative estimate of drug-likeness (QED) is 0.310. The maximum absolute atomic E-state index is 12.7. The van der Waals surface area contributed by atoms with Crippen molar-refractivity contribution in [3.05, 3.63) is 70.6 Å². The van der Waals surface area contributed by atoms with E-state index in [1.807, 2.05) is 30.3 Å². The second kappa shape index (κ2) is 10.1. The first-order valence-electron chi connectivity index (χ1n) is 10.2. The predicted octanol–water partition coefficient (Wildman–Crippen LogP) is 4.25. The minimum atomic E-state index is -4.79. The molecule has 0 unspecified atom stereocenters. The third kappa shape index (κ3) is 5.46. The first-order chi connectivity index (χ1) is 17.1. The van der Waals surface area contributed by atoms with Gasteiger partial charge in [0.1, 0.15) is 11.4 Å². The summed E-state index contributed by atoms with van der Waals surface area (Å²) in [5, 5.41) is 5.73. The molecule has 2 aromatic heterocycles. The fourth-order valence-corrected chi connectivity index (χ4v) is 3.40. The Labute approximate surface area is 206 Å². The number of anilines is 3. The Kier molecular flexibility index (Phi) is 6.92. The van der Waals surface area contributed by atoms with Crippen LogP contribution in [0.4, 0.5) is 30.6 Å². The van der Waals surface area contributed by atoms with Gasteiger partial charge in [-0.1, -0.05) is 47.1 Å². The molecule has 0 aliphatic heterocycles. The van der Waals surface area contributed by atoms with Crippen LogP contribution in [0.3, 0.4) is 0 Å². The third-order valence-corrected chi connectivity index (χ3v) is 5.19. The summed E-state index contributed by atoms with van der Waals surface area (Å²) in [6, 6.07) is 12.4. The minimum Gasteiger partial charge on any atom is -0.489 e. The molecule has 36 heavy (non-hydrogen) atoms. The number of nitrogens with one attached hydrogen (secondary N) is 1. The van der Waals surface area contributed by atoms with Crippen molar-refractivity contribution in [2.75, 3.05) is 17.7 Å². The second-order valence-corrected chi connectivity index (χ2v) is 7.67. The third-order valence-electron chi connectivity index (χ3n) is 4.82. The fourth-order valence-electron chi connectivity index (χ4n) is 3.09. The van der Waals surface area contributed by atoms with Crippen molar-refractivity contribution in [1.82, 2.24) is 20.1 Å². The molecular formula is C22H17ClF3N7O3. The summed E-state index contributed by atoms with van der Waals surface area (Å²) in [5.41, 5.74) is 12.5. The summed E-state index contributed by atoms with van der Waals surface area (Å²) in [4.78, 5) is 23.1. The van der Waals surface area contributed by atoms with Gasteiger partial charge in [-0.25, -0.2) is 4.98 Å². The fraction of sp³-hybridized carbons (Fsp3) is 0.136. The van der Waals surface area contributed by atoms with Crippen molar-refractivity contribution in [3.8, 4) is 17.2 Å². The molecule has 0 spiro atoms. The summed E-state index contributed by atoms with van der Waals surface area (Å²) in [7, 11) is 0. The number of hydrogen-bond donors (Lipinski definition) is 3. The van der Waals surface area contributed by atoms with E-state index in [2.05, 4.69) is 29.9 Å². The second-order valence-electron chi connectivity index (χ2n) is 7.29. The number of rotatable bonds is 8. The number of hydrogen-bond acceptors (Lipinski definition) is 9. The molecule has 0 radical (unpaired) electrons. The number of carbonyl (C=O) groups is 1. The number of carbonyl (C=O) groups excluding carboxylic acids is 1. The number of nitrogens with two attached hydrogens (primary N) is 2. The summed E-state index contributed by atoms with van der Waals surface area (Å²) < 4.78 is 48.7. The number of alkyl halides is 3. The van der Waals surface area contributed by atoms with Gasteiger partial charge in [-0.2, -0.15) is 23.1 Å². The van der Waals surface area contributed by atoms with Gasteiger partial charge in [0, 0.05) is 12.6 Å². The van der Waals surface area contributed by atoms with Crippen LogP contribution in [0.25, 0.3) is 11.5 Å². The Morgan fingerprint density at radius 2 is 1.89 bits per heavy atom. The molecule has 14 heteroatoms. The first-order valence-corrected chi connectivity index (χ1v) is 10.6. The average molecular weight is 520 g/mol. The standard InChI is InChI=1S/C22H17ClF3N7O3/c23-15-12(18(28)34)6-7-14(16(15)35-9-8-11-4-2-1-3-5-11)30-21-29-10-13(17(27)31-21)19-32-20(33-36-19)22(24,25)26/h1-7,10H,8-9H2,(H2,28,34)(H3,27,29,30,31). The van der Waals surface area contributed by atoms with Gasteiger partial charge < -0.3 is 26.0 Å². The van der Waals surface area contributed by atoms with E-state index in [1.165, 1.54) is 12.1 Å². The first kappa shape index (κ1) is 24.7. The van der Waals surface area contributed by atoms with Crippen molar-refractivity contribution in [1.29, 1.82) is 0 Å². The van der Waals surface area contributed by atoms with Crippen molar-refractivity contribution in [3.63, 3.8) is 0 Å². The number of ether oxygens (including phenoxy) is 1. The van der Waals surface area contributed by atoms with Crippen LogP contribution in [0, 0.1) is 0 Å². The molecule has 0 fully saturated rings. The predicted molar refractivity (Wildman–Crippen MR) is 124 cm³/mol.